The van der Waals surface area contributed by atoms with Crippen molar-refractivity contribution in [1.82, 2.24) is 0 Å². The molecule has 0 aromatic heterocycles. The third-order valence-electron chi connectivity index (χ3n) is 2.27. The Labute approximate surface area is 113 Å². The van der Waals surface area contributed by atoms with E-state index in [-0.39, 0.29) is 18.1 Å². The predicted octanol–water partition coefficient (Wildman–Crippen LogP) is 1.26. The molecule has 0 heterocycles. The molecule has 0 saturated heterocycles. The number of aryl methyl sites for hydroxylation is 1. The van der Waals surface area contributed by atoms with Gasteiger partial charge in [-0.25, -0.2) is 0 Å². The Balaban J connectivity index is 2.51. The molecule has 0 saturated carbocycles. The largest absolute Gasteiger partial charge is 0.388 e. The van der Waals surface area contributed by atoms with Gasteiger partial charge in [0.25, 0.3) is 10.1 Å². The first-order valence-corrected chi connectivity index (χ1v) is 7.19. The molecule has 0 bridgehead atoms. The van der Waals surface area contributed by atoms with Crippen molar-refractivity contribution in [3.63, 3.8) is 0 Å². The second-order valence-corrected chi connectivity index (χ2v) is 5.65. The molecule has 19 heavy (non-hydrogen) atoms. The molecule has 0 amide bonds. The topological polar surface area (TPSA) is 72.8 Å². The molecule has 0 aliphatic rings. The Hall–Kier alpha value is -1.21. The molecule has 1 rings (SSSR count). The molecule has 5 nitrogen and oxygen atoms in total. The van der Waals surface area contributed by atoms with Crippen LogP contribution in [-0.4, -0.2) is 39.4 Å². The summed E-state index contributed by atoms with van der Waals surface area (Å²) >= 11 is 0. The van der Waals surface area contributed by atoms with E-state index in [4.69, 9.17) is 8.92 Å². The maximum Gasteiger partial charge on any atom is 0.297 e. The smallest absolute Gasteiger partial charge is 0.297 e. The fourth-order valence-electron chi connectivity index (χ4n) is 1.28. The van der Waals surface area contributed by atoms with Crippen LogP contribution in [0.25, 0.3) is 0 Å². The number of hydrogen-bond acceptors (Lipinski definition) is 5. The highest BCUT2D eigenvalue weighted by Crippen LogP contribution is 2.13. The molecule has 106 valence electrons. The number of benzene rings is 1. The summed E-state index contributed by atoms with van der Waals surface area (Å²) < 4.78 is 33.3. The van der Waals surface area contributed by atoms with Crippen molar-refractivity contribution in [1.29, 1.82) is 0 Å². The fraction of sp³-hybridized carbons (Fsp3) is 0.385. The lowest BCUT2D eigenvalue weighted by Crippen LogP contribution is -2.24. The lowest BCUT2D eigenvalue weighted by Gasteiger charge is -2.11. The molecule has 0 aliphatic carbocycles. The third kappa shape index (κ3) is 5.52. The van der Waals surface area contributed by atoms with Crippen molar-refractivity contribution in [2.75, 3.05) is 19.8 Å². The van der Waals surface area contributed by atoms with Gasteiger partial charge in [0.05, 0.1) is 24.7 Å². The summed E-state index contributed by atoms with van der Waals surface area (Å²) in [4.78, 5) is 0.0670. The minimum atomic E-state index is -3.84. The Morgan fingerprint density at radius 2 is 1.95 bits per heavy atom. The zero-order valence-electron chi connectivity index (χ0n) is 10.8. The maximum atomic E-state index is 11.8. The van der Waals surface area contributed by atoms with Gasteiger partial charge in [0, 0.05) is 0 Å². The second-order valence-electron chi connectivity index (χ2n) is 4.03. The van der Waals surface area contributed by atoms with Crippen LogP contribution in [0.2, 0.25) is 0 Å². The van der Waals surface area contributed by atoms with Crippen molar-refractivity contribution in [2.45, 2.75) is 17.9 Å². The first kappa shape index (κ1) is 15.8. The van der Waals surface area contributed by atoms with Crippen LogP contribution >= 0.6 is 0 Å². The van der Waals surface area contributed by atoms with E-state index in [1.54, 1.807) is 12.1 Å². The van der Waals surface area contributed by atoms with Crippen LogP contribution in [0.3, 0.4) is 0 Å². The van der Waals surface area contributed by atoms with E-state index in [1.165, 1.54) is 18.2 Å². The van der Waals surface area contributed by atoms with Gasteiger partial charge in [-0.1, -0.05) is 23.8 Å². The number of hydrogen-bond donors (Lipinski definition) is 1. The van der Waals surface area contributed by atoms with Crippen LogP contribution in [0.5, 0.6) is 0 Å². The van der Waals surface area contributed by atoms with Crippen molar-refractivity contribution in [3.8, 4) is 0 Å². The SMILES string of the molecule is C=CCOC[C@@H](O)COS(=O)(=O)c1ccc(C)cc1. The van der Waals surface area contributed by atoms with Gasteiger partial charge in [0.1, 0.15) is 6.10 Å². The number of aliphatic hydroxyl groups is 1. The number of rotatable bonds is 8. The average Bonchev–Trinajstić information content (AvgIpc) is 2.37. The van der Waals surface area contributed by atoms with Gasteiger partial charge >= 0.3 is 0 Å². The van der Waals surface area contributed by atoms with Crippen molar-refractivity contribution in [2.24, 2.45) is 0 Å². The molecule has 0 unspecified atom stereocenters. The molecule has 0 radical (unpaired) electrons. The standard InChI is InChI=1S/C13H18O5S/c1-3-8-17-9-12(14)10-18-19(15,16)13-6-4-11(2)5-7-13/h3-7,12,14H,1,8-10H2,2H3/t12-/m1/s1. The van der Waals surface area contributed by atoms with Crippen LogP contribution < -0.4 is 0 Å². The molecule has 6 heteroatoms. The molecular formula is C13H18O5S. The first-order valence-electron chi connectivity index (χ1n) is 5.78. The molecule has 1 atom stereocenters. The van der Waals surface area contributed by atoms with E-state index in [9.17, 15) is 13.5 Å². The summed E-state index contributed by atoms with van der Waals surface area (Å²) in [7, 11) is -3.84. The van der Waals surface area contributed by atoms with Gasteiger partial charge < -0.3 is 9.84 Å². The van der Waals surface area contributed by atoms with E-state index in [1.807, 2.05) is 6.92 Å². The van der Waals surface area contributed by atoms with Gasteiger partial charge in [-0.15, -0.1) is 6.58 Å². The number of aliphatic hydroxyl groups excluding tert-OH is 1. The minimum absolute atomic E-state index is 0.00453. The first-order chi connectivity index (χ1) is 8.95. The summed E-state index contributed by atoms with van der Waals surface area (Å²) in [5.41, 5.74) is 0.955. The highest BCUT2D eigenvalue weighted by Gasteiger charge is 2.17. The van der Waals surface area contributed by atoms with Crippen LogP contribution in [-0.2, 0) is 19.0 Å². The number of ether oxygens (including phenoxy) is 1. The molecule has 1 N–H and O–H groups in total. The van der Waals surface area contributed by atoms with Crippen LogP contribution in [0.15, 0.2) is 41.8 Å². The predicted molar refractivity (Wildman–Crippen MR) is 71.3 cm³/mol. The highest BCUT2D eigenvalue weighted by atomic mass is 32.2. The second kappa shape index (κ2) is 7.40. The quantitative estimate of drug-likeness (QED) is 0.442. The molecule has 1 aromatic carbocycles. The van der Waals surface area contributed by atoms with E-state index in [0.29, 0.717) is 6.61 Å². The van der Waals surface area contributed by atoms with Crippen molar-refractivity contribution in [3.05, 3.63) is 42.5 Å². The summed E-state index contributed by atoms with van der Waals surface area (Å²) in [5.74, 6) is 0. The van der Waals surface area contributed by atoms with Gasteiger partial charge in [-0.3, -0.25) is 4.18 Å². The Bertz CT molecular complexity index is 492. The normalized spacial score (nSPS) is 13.2. The summed E-state index contributed by atoms with van der Waals surface area (Å²) in [6.45, 7) is 5.26. The van der Waals surface area contributed by atoms with Gasteiger partial charge in [-0.05, 0) is 19.1 Å². The molecular weight excluding hydrogens is 268 g/mol. The Kier molecular flexibility index (Phi) is 6.17. The maximum absolute atomic E-state index is 11.8. The Morgan fingerprint density at radius 1 is 1.32 bits per heavy atom. The van der Waals surface area contributed by atoms with Crippen molar-refractivity contribution >= 4 is 10.1 Å². The summed E-state index contributed by atoms with van der Waals surface area (Å²) in [6, 6.07) is 6.29. The van der Waals surface area contributed by atoms with Gasteiger partial charge in [-0.2, -0.15) is 8.42 Å². The molecule has 0 fully saturated rings. The molecule has 0 aliphatic heterocycles. The average molecular weight is 286 g/mol. The van der Waals surface area contributed by atoms with Crippen LogP contribution in [0.4, 0.5) is 0 Å². The zero-order valence-corrected chi connectivity index (χ0v) is 11.6. The molecule has 1 aromatic rings. The lowest BCUT2D eigenvalue weighted by molar-refractivity contribution is 0.0228. The third-order valence-corrected chi connectivity index (χ3v) is 3.57. The highest BCUT2D eigenvalue weighted by molar-refractivity contribution is 7.86. The summed E-state index contributed by atoms with van der Waals surface area (Å²) in [6.07, 6.45) is 0.538. The van der Waals surface area contributed by atoms with Crippen LogP contribution in [0, 0.1) is 6.92 Å². The van der Waals surface area contributed by atoms with Crippen LogP contribution in [0.1, 0.15) is 5.56 Å². The van der Waals surface area contributed by atoms with E-state index < -0.39 is 16.2 Å². The fourth-order valence-corrected chi connectivity index (χ4v) is 2.22. The Morgan fingerprint density at radius 3 is 2.53 bits per heavy atom. The van der Waals surface area contributed by atoms with Crippen molar-refractivity contribution < 1.29 is 22.4 Å². The summed E-state index contributed by atoms with van der Waals surface area (Å²) in [5, 5.41) is 9.48. The molecule has 0 spiro atoms. The van der Waals surface area contributed by atoms with Gasteiger partial charge in [0.2, 0.25) is 0 Å². The van der Waals surface area contributed by atoms with E-state index in [0.717, 1.165) is 5.56 Å². The monoisotopic (exact) mass is 286 g/mol. The lowest BCUT2D eigenvalue weighted by atomic mass is 10.2. The van der Waals surface area contributed by atoms with Gasteiger partial charge in [0.15, 0.2) is 0 Å². The zero-order chi connectivity index (χ0) is 14.3. The van der Waals surface area contributed by atoms with E-state index in [2.05, 4.69) is 6.58 Å². The van der Waals surface area contributed by atoms with E-state index >= 15 is 0 Å². The minimum Gasteiger partial charge on any atom is -0.388 e.